The number of aromatic nitrogens is 3. The minimum absolute atomic E-state index is 0.271. The number of alkyl halides is 3. The molecule has 11 heteroatoms. The number of benzene rings is 1. The highest BCUT2D eigenvalue weighted by Crippen LogP contribution is 2.41. The maximum Gasteiger partial charge on any atom is 0.413 e. The second-order valence-corrected chi connectivity index (χ2v) is 7.72. The molecule has 2 atom stereocenters. The summed E-state index contributed by atoms with van der Waals surface area (Å²) in [7, 11) is 3.02. The smallest absolute Gasteiger partial charge is 0.413 e. The second kappa shape index (κ2) is 8.56. The number of fused-ring (bicyclic) bond motifs is 1. The molecule has 1 aliphatic rings. The van der Waals surface area contributed by atoms with Crippen LogP contribution in [0.3, 0.4) is 0 Å². The predicted molar refractivity (Wildman–Crippen MR) is 113 cm³/mol. The number of nitrogens with zero attached hydrogens (tertiary/aromatic N) is 4. The van der Waals surface area contributed by atoms with E-state index in [9.17, 15) is 18.3 Å². The van der Waals surface area contributed by atoms with Crippen molar-refractivity contribution < 1.29 is 32.9 Å². The monoisotopic (exact) mass is 464 g/mol. The Morgan fingerprint density at radius 1 is 1.15 bits per heavy atom. The third-order valence-corrected chi connectivity index (χ3v) is 5.72. The van der Waals surface area contributed by atoms with E-state index in [-0.39, 0.29) is 6.54 Å². The van der Waals surface area contributed by atoms with Gasteiger partial charge in [-0.1, -0.05) is 6.07 Å². The van der Waals surface area contributed by atoms with Gasteiger partial charge < -0.3 is 24.6 Å². The SMILES string of the molecule is COc1cc(-c2cc(C)c3c(c2)CN(c2cnn([C@@H](CO)C(F)(F)F)c2)C3O)cnc1OC. The molecule has 3 aromatic rings. The third-order valence-electron chi connectivity index (χ3n) is 5.72. The largest absolute Gasteiger partial charge is 0.491 e. The number of ether oxygens (including phenoxy) is 2. The lowest BCUT2D eigenvalue weighted by molar-refractivity contribution is -0.178. The fraction of sp³-hybridized carbons (Fsp3) is 0.364. The molecule has 0 saturated carbocycles. The lowest BCUT2D eigenvalue weighted by Gasteiger charge is -2.22. The highest BCUT2D eigenvalue weighted by molar-refractivity contribution is 5.69. The zero-order chi connectivity index (χ0) is 23.9. The fourth-order valence-corrected chi connectivity index (χ4v) is 4.07. The first-order valence-corrected chi connectivity index (χ1v) is 10.1. The number of rotatable bonds is 6. The Morgan fingerprint density at radius 3 is 2.55 bits per heavy atom. The Kier molecular flexibility index (Phi) is 5.93. The van der Waals surface area contributed by atoms with Gasteiger partial charge in [-0.2, -0.15) is 18.3 Å². The highest BCUT2D eigenvalue weighted by atomic mass is 19.4. The zero-order valence-electron chi connectivity index (χ0n) is 18.2. The quantitative estimate of drug-likeness (QED) is 0.578. The van der Waals surface area contributed by atoms with Crippen LogP contribution in [0.2, 0.25) is 0 Å². The van der Waals surface area contributed by atoms with Crippen molar-refractivity contribution in [1.82, 2.24) is 14.8 Å². The molecule has 0 bridgehead atoms. The van der Waals surface area contributed by atoms with Gasteiger partial charge in [-0.05, 0) is 35.7 Å². The first-order valence-electron chi connectivity index (χ1n) is 10.1. The molecule has 0 spiro atoms. The van der Waals surface area contributed by atoms with Crippen molar-refractivity contribution in [3.63, 3.8) is 0 Å². The molecule has 2 N–H and O–H groups in total. The van der Waals surface area contributed by atoms with Gasteiger partial charge in [0.1, 0.15) is 0 Å². The number of methoxy groups -OCH3 is 2. The predicted octanol–water partition coefficient (Wildman–Crippen LogP) is 3.38. The molecule has 0 amide bonds. The van der Waals surface area contributed by atoms with Gasteiger partial charge in [-0.15, -0.1) is 0 Å². The molecule has 0 fully saturated rings. The first kappa shape index (κ1) is 22.9. The molecule has 1 unspecified atom stereocenters. The van der Waals surface area contributed by atoms with E-state index in [1.165, 1.54) is 26.6 Å². The van der Waals surface area contributed by atoms with Crippen molar-refractivity contribution in [3.05, 3.63) is 53.5 Å². The van der Waals surface area contributed by atoms with Crippen LogP contribution < -0.4 is 14.4 Å². The standard InChI is InChI=1S/C22H23F3N4O4/c1-12-4-13(14-6-17(32-2)20(33-3)26-7-14)5-15-9-28(21(31)19(12)15)16-8-27-29(10-16)18(11-30)22(23,24)25/h4-8,10,18,21,30-31H,9,11H2,1-3H3/t18-,21?/m0/s1. The fourth-order valence-electron chi connectivity index (χ4n) is 4.07. The molecular weight excluding hydrogens is 441 g/mol. The molecular formula is C22H23F3N4O4. The molecule has 8 nitrogen and oxygen atoms in total. The maximum absolute atomic E-state index is 13.1. The molecule has 2 aromatic heterocycles. The molecule has 176 valence electrons. The summed E-state index contributed by atoms with van der Waals surface area (Å²) in [6.45, 7) is 1.00. The average molecular weight is 464 g/mol. The maximum atomic E-state index is 13.1. The summed E-state index contributed by atoms with van der Waals surface area (Å²) >= 11 is 0. The van der Waals surface area contributed by atoms with Crippen LogP contribution in [0.1, 0.15) is 29.0 Å². The Bertz CT molecular complexity index is 1170. The van der Waals surface area contributed by atoms with E-state index in [0.29, 0.717) is 27.6 Å². The van der Waals surface area contributed by atoms with Crippen molar-refractivity contribution in [3.8, 4) is 22.8 Å². The number of aliphatic hydroxyl groups excluding tert-OH is 2. The van der Waals surface area contributed by atoms with Gasteiger partial charge in [-0.3, -0.25) is 4.68 Å². The lowest BCUT2D eigenvalue weighted by atomic mass is 9.96. The van der Waals surface area contributed by atoms with Crippen LogP contribution in [0.4, 0.5) is 18.9 Å². The second-order valence-electron chi connectivity index (χ2n) is 7.72. The molecule has 4 rings (SSSR count). The van der Waals surface area contributed by atoms with Crippen LogP contribution in [0.25, 0.3) is 11.1 Å². The Balaban J connectivity index is 1.66. The number of aliphatic hydroxyl groups is 2. The van der Waals surface area contributed by atoms with Crippen LogP contribution in [-0.2, 0) is 6.54 Å². The van der Waals surface area contributed by atoms with E-state index in [2.05, 4.69) is 10.1 Å². The topological polar surface area (TPSA) is 92.9 Å². The minimum atomic E-state index is -4.65. The number of pyridine rings is 1. The Morgan fingerprint density at radius 2 is 1.91 bits per heavy atom. The van der Waals surface area contributed by atoms with Crippen molar-refractivity contribution in [2.24, 2.45) is 0 Å². The molecule has 33 heavy (non-hydrogen) atoms. The molecule has 1 aromatic carbocycles. The molecule has 0 aliphatic carbocycles. The molecule has 3 heterocycles. The average Bonchev–Trinajstić information content (AvgIpc) is 3.37. The van der Waals surface area contributed by atoms with Gasteiger partial charge in [0.25, 0.3) is 5.88 Å². The normalized spacial score (nSPS) is 16.6. The number of halogens is 3. The van der Waals surface area contributed by atoms with Crippen LogP contribution in [0.5, 0.6) is 11.6 Å². The summed E-state index contributed by atoms with van der Waals surface area (Å²) in [5.74, 6) is 0.836. The van der Waals surface area contributed by atoms with Crippen LogP contribution >= 0.6 is 0 Å². The van der Waals surface area contributed by atoms with Gasteiger partial charge in [-0.25, -0.2) is 4.98 Å². The first-order chi connectivity index (χ1) is 15.7. The number of hydrogen-bond acceptors (Lipinski definition) is 7. The van der Waals surface area contributed by atoms with E-state index in [0.717, 1.165) is 22.3 Å². The van der Waals surface area contributed by atoms with Gasteiger partial charge in [0, 0.05) is 30.1 Å². The van der Waals surface area contributed by atoms with Gasteiger partial charge in [0.05, 0.1) is 32.7 Å². The van der Waals surface area contributed by atoms with Crippen LogP contribution in [0, 0.1) is 6.92 Å². The van der Waals surface area contributed by atoms with Crippen molar-refractivity contribution in [1.29, 1.82) is 0 Å². The Hall–Kier alpha value is -3.31. The van der Waals surface area contributed by atoms with Crippen LogP contribution in [0.15, 0.2) is 36.8 Å². The van der Waals surface area contributed by atoms with Crippen molar-refractivity contribution in [2.75, 3.05) is 25.7 Å². The highest BCUT2D eigenvalue weighted by Gasteiger charge is 2.42. The summed E-state index contributed by atoms with van der Waals surface area (Å²) in [5, 5.41) is 23.9. The summed E-state index contributed by atoms with van der Waals surface area (Å²) < 4.78 is 50.6. The van der Waals surface area contributed by atoms with Crippen molar-refractivity contribution >= 4 is 5.69 Å². The summed E-state index contributed by atoms with van der Waals surface area (Å²) in [6.07, 6.45) is -1.62. The van der Waals surface area contributed by atoms with Gasteiger partial charge in [0.15, 0.2) is 18.0 Å². The number of anilines is 1. The van der Waals surface area contributed by atoms with Gasteiger partial charge in [0.2, 0.25) is 0 Å². The van der Waals surface area contributed by atoms with E-state index in [4.69, 9.17) is 14.6 Å². The van der Waals surface area contributed by atoms with E-state index in [1.807, 2.05) is 19.1 Å². The lowest BCUT2D eigenvalue weighted by Crippen LogP contribution is -2.30. The minimum Gasteiger partial charge on any atom is -0.491 e. The summed E-state index contributed by atoms with van der Waals surface area (Å²) in [4.78, 5) is 5.82. The van der Waals surface area contributed by atoms with Crippen molar-refractivity contribution in [2.45, 2.75) is 31.9 Å². The zero-order valence-corrected chi connectivity index (χ0v) is 18.2. The van der Waals surface area contributed by atoms with E-state index >= 15 is 0 Å². The van der Waals surface area contributed by atoms with Gasteiger partial charge >= 0.3 is 6.18 Å². The molecule has 0 radical (unpaired) electrons. The molecule has 1 aliphatic heterocycles. The van der Waals surface area contributed by atoms with E-state index < -0.39 is 25.1 Å². The summed E-state index contributed by atoms with van der Waals surface area (Å²) in [6, 6.07) is 3.46. The van der Waals surface area contributed by atoms with E-state index in [1.54, 1.807) is 17.2 Å². The number of aryl methyl sites for hydroxylation is 1. The number of hydrogen-bond donors (Lipinski definition) is 2. The summed E-state index contributed by atoms with van der Waals surface area (Å²) in [5.41, 5.74) is 4.29. The molecule has 0 saturated heterocycles. The Labute approximate surface area is 187 Å². The van der Waals surface area contributed by atoms with Crippen LogP contribution in [-0.4, -0.2) is 52.0 Å². The third kappa shape index (κ3) is 4.09.